The summed E-state index contributed by atoms with van der Waals surface area (Å²) in [5, 5.41) is 1.59. The van der Waals surface area contributed by atoms with E-state index in [-0.39, 0.29) is 5.78 Å². The van der Waals surface area contributed by atoms with Crippen molar-refractivity contribution in [3.8, 4) is 11.1 Å². The molecule has 2 heterocycles. The van der Waals surface area contributed by atoms with E-state index in [4.69, 9.17) is 16.6 Å². The van der Waals surface area contributed by atoms with Gasteiger partial charge >= 0.3 is 0 Å². The highest BCUT2D eigenvalue weighted by Crippen LogP contribution is 2.39. The Labute approximate surface area is 165 Å². The van der Waals surface area contributed by atoms with Crippen LogP contribution >= 0.6 is 11.6 Å². The molecule has 0 spiro atoms. The average molecular weight is 379 g/mol. The molecule has 138 valence electrons. The molecule has 3 nitrogen and oxygen atoms in total. The molecule has 0 bridgehead atoms. The van der Waals surface area contributed by atoms with Gasteiger partial charge in [-0.3, -0.25) is 4.79 Å². The Kier molecular flexibility index (Phi) is 5.13. The minimum atomic E-state index is 0.129. The van der Waals surface area contributed by atoms with E-state index in [2.05, 4.69) is 17.0 Å². The number of benzene rings is 2. The number of Topliss-reactive ketones (excluding diaryl/α,β-unsaturated/α-hetero) is 1. The number of hydrogen-bond acceptors (Lipinski definition) is 3. The van der Waals surface area contributed by atoms with E-state index < -0.39 is 0 Å². The van der Waals surface area contributed by atoms with Gasteiger partial charge in [-0.2, -0.15) is 0 Å². The normalized spacial score (nSPS) is 14.5. The van der Waals surface area contributed by atoms with Gasteiger partial charge < -0.3 is 4.90 Å². The SMILES string of the molecule is CCC(=O)c1c(N2CCCCC2)nc2ccc(Cl)cc2c1-c1ccccc1. The van der Waals surface area contributed by atoms with Crippen molar-refractivity contribution in [1.29, 1.82) is 0 Å². The van der Waals surface area contributed by atoms with E-state index in [0.717, 1.165) is 59.3 Å². The minimum Gasteiger partial charge on any atom is -0.356 e. The molecule has 2 aromatic carbocycles. The molecule has 0 aliphatic carbocycles. The summed E-state index contributed by atoms with van der Waals surface area (Å²) in [4.78, 5) is 20.3. The zero-order valence-electron chi connectivity index (χ0n) is 15.5. The Bertz CT molecular complexity index is 979. The van der Waals surface area contributed by atoms with E-state index in [1.165, 1.54) is 6.42 Å². The number of rotatable bonds is 4. The fourth-order valence-corrected chi connectivity index (χ4v) is 4.07. The van der Waals surface area contributed by atoms with Gasteiger partial charge in [0.25, 0.3) is 0 Å². The van der Waals surface area contributed by atoms with Crippen LogP contribution in [0.2, 0.25) is 5.02 Å². The molecular formula is C23H23ClN2O. The second kappa shape index (κ2) is 7.69. The highest BCUT2D eigenvalue weighted by atomic mass is 35.5. The third-order valence-corrected chi connectivity index (χ3v) is 5.48. The Morgan fingerprint density at radius 3 is 2.52 bits per heavy atom. The molecule has 0 radical (unpaired) electrons. The monoisotopic (exact) mass is 378 g/mol. The number of fused-ring (bicyclic) bond motifs is 1. The van der Waals surface area contributed by atoms with Crippen LogP contribution in [0.15, 0.2) is 48.5 Å². The Hall–Kier alpha value is -2.39. The lowest BCUT2D eigenvalue weighted by molar-refractivity contribution is 0.0989. The number of nitrogens with zero attached hydrogens (tertiary/aromatic N) is 2. The maximum absolute atomic E-state index is 13.1. The van der Waals surface area contributed by atoms with E-state index in [1.807, 2.05) is 43.3 Å². The van der Waals surface area contributed by atoms with Crippen molar-refractivity contribution in [2.75, 3.05) is 18.0 Å². The van der Waals surface area contributed by atoms with Crippen molar-refractivity contribution in [3.63, 3.8) is 0 Å². The second-order valence-electron chi connectivity index (χ2n) is 7.04. The minimum absolute atomic E-state index is 0.129. The van der Waals surface area contributed by atoms with Gasteiger partial charge in [0.05, 0.1) is 11.1 Å². The molecule has 4 heteroatoms. The van der Waals surface area contributed by atoms with Crippen LogP contribution in [0.25, 0.3) is 22.0 Å². The quantitative estimate of drug-likeness (QED) is 0.511. The third-order valence-electron chi connectivity index (χ3n) is 5.25. The van der Waals surface area contributed by atoms with Gasteiger partial charge in [-0.05, 0) is 43.0 Å². The maximum Gasteiger partial charge on any atom is 0.166 e. The lowest BCUT2D eigenvalue weighted by atomic mass is 9.92. The number of hydrogen-bond donors (Lipinski definition) is 0. The van der Waals surface area contributed by atoms with E-state index in [9.17, 15) is 4.79 Å². The van der Waals surface area contributed by atoms with Crippen molar-refractivity contribution in [1.82, 2.24) is 4.98 Å². The summed E-state index contributed by atoms with van der Waals surface area (Å²) in [6.45, 7) is 3.81. The van der Waals surface area contributed by atoms with Gasteiger partial charge in [0.2, 0.25) is 0 Å². The van der Waals surface area contributed by atoms with Crippen LogP contribution in [0.3, 0.4) is 0 Å². The zero-order chi connectivity index (χ0) is 18.8. The van der Waals surface area contributed by atoms with Crippen LogP contribution in [0.5, 0.6) is 0 Å². The van der Waals surface area contributed by atoms with E-state index in [1.54, 1.807) is 0 Å². The molecule has 0 N–H and O–H groups in total. The first-order valence-corrected chi connectivity index (χ1v) is 10.0. The predicted octanol–water partition coefficient (Wildman–Crippen LogP) is 6.14. The van der Waals surface area contributed by atoms with Gasteiger partial charge in [0.1, 0.15) is 5.82 Å². The molecule has 1 aliphatic rings. The smallest absolute Gasteiger partial charge is 0.166 e. The lowest BCUT2D eigenvalue weighted by Crippen LogP contribution is -2.32. The molecule has 1 fully saturated rings. The van der Waals surface area contributed by atoms with Crippen molar-refractivity contribution in [3.05, 3.63) is 59.1 Å². The fourth-order valence-electron chi connectivity index (χ4n) is 3.90. The van der Waals surface area contributed by atoms with Crippen LogP contribution in [0.1, 0.15) is 43.0 Å². The fraction of sp³-hybridized carbons (Fsp3) is 0.304. The first-order valence-electron chi connectivity index (χ1n) is 9.66. The van der Waals surface area contributed by atoms with Gasteiger partial charge in [0, 0.05) is 35.5 Å². The summed E-state index contributed by atoms with van der Waals surface area (Å²) in [6, 6.07) is 15.9. The number of carbonyl (C=O) groups is 1. The van der Waals surface area contributed by atoms with Crippen LogP contribution in [0.4, 0.5) is 5.82 Å². The third kappa shape index (κ3) is 3.44. The number of piperidine rings is 1. The van der Waals surface area contributed by atoms with Crippen molar-refractivity contribution < 1.29 is 4.79 Å². The maximum atomic E-state index is 13.1. The molecule has 4 rings (SSSR count). The molecule has 0 unspecified atom stereocenters. The summed E-state index contributed by atoms with van der Waals surface area (Å²) < 4.78 is 0. The van der Waals surface area contributed by atoms with Crippen LogP contribution in [-0.4, -0.2) is 23.9 Å². The summed E-state index contributed by atoms with van der Waals surface area (Å²) in [6.07, 6.45) is 3.97. The van der Waals surface area contributed by atoms with Crippen LogP contribution < -0.4 is 4.90 Å². The number of halogens is 1. The van der Waals surface area contributed by atoms with Crippen molar-refractivity contribution in [2.24, 2.45) is 0 Å². The molecule has 3 aromatic rings. The molecule has 1 saturated heterocycles. The van der Waals surface area contributed by atoms with Crippen molar-refractivity contribution in [2.45, 2.75) is 32.6 Å². The summed E-state index contributed by atoms with van der Waals surface area (Å²) in [7, 11) is 0. The summed E-state index contributed by atoms with van der Waals surface area (Å²) in [5.74, 6) is 0.957. The first kappa shape index (κ1) is 18.0. The zero-order valence-corrected chi connectivity index (χ0v) is 16.3. The molecule has 1 aliphatic heterocycles. The van der Waals surface area contributed by atoms with Crippen molar-refractivity contribution >= 4 is 34.1 Å². The molecule has 1 aromatic heterocycles. The van der Waals surface area contributed by atoms with Gasteiger partial charge in [-0.15, -0.1) is 0 Å². The van der Waals surface area contributed by atoms with Crippen LogP contribution in [0, 0.1) is 0 Å². The number of ketones is 1. The number of pyridine rings is 1. The Morgan fingerprint density at radius 1 is 1.07 bits per heavy atom. The molecule has 27 heavy (non-hydrogen) atoms. The largest absolute Gasteiger partial charge is 0.356 e. The van der Waals surface area contributed by atoms with Gasteiger partial charge in [-0.1, -0.05) is 48.9 Å². The standard InChI is InChI=1S/C23H23ClN2O/c1-2-20(27)22-21(16-9-5-3-6-10-16)18-15-17(24)11-12-19(18)25-23(22)26-13-7-4-8-14-26/h3,5-6,9-12,15H,2,4,7-8,13-14H2,1H3. The lowest BCUT2D eigenvalue weighted by Gasteiger charge is -2.30. The number of aromatic nitrogens is 1. The van der Waals surface area contributed by atoms with E-state index in [0.29, 0.717) is 11.4 Å². The topological polar surface area (TPSA) is 33.2 Å². The molecule has 0 saturated carbocycles. The highest BCUT2D eigenvalue weighted by Gasteiger charge is 2.25. The van der Waals surface area contributed by atoms with Gasteiger partial charge in [-0.25, -0.2) is 4.98 Å². The summed E-state index contributed by atoms with van der Waals surface area (Å²) in [5.41, 5.74) is 3.60. The second-order valence-corrected chi connectivity index (χ2v) is 7.47. The first-order chi connectivity index (χ1) is 13.2. The molecule has 0 atom stereocenters. The Balaban J connectivity index is 2.08. The molecular weight excluding hydrogens is 356 g/mol. The summed E-state index contributed by atoms with van der Waals surface area (Å²) >= 11 is 6.31. The number of anilines is 1. The predicted molar refractivity (Wildman–Crippen MR) is 113 cm³/mol. The average Bonchev–Trinajstić information content (AvgIpc) is 2.73. The number of carbonyl (C=O) groups excluding carboxylic acids is 1. The highest BCUT2D eigenvalue weighted by molar-refractivity contribution is 6.31. The van der Waals surface area contributed by atoms with Gasteiger partial charge in [0.15, 0.2) is 5.78 Å². The van der Waals surface area contributed by atoms with Crippen LogP contribution in [-0.2, 0) is 0 Å². The molecule has 0 amide bonds. The Morgan fingerprint density at radius 2 is 1.81 bits per heavy atom. The van der Waals surface area contributed by atoms with E-state index >= 15 is 0 Å².